The first-order chi connectivity index (χ1) is 9.31. The first kappa shape index (κ1) is 11.3. The Morgan fingerprint density at radius 3 is 2.53 bits per heavy atom. The highest BCUT2D eigenvalue weighted by Gasteiger charge is 1.99. The highest BCUT2D eigenvalue weighted by atomic mass is 16.3. The van der Waals surface area contributed by atoms with Gasteiger partial charge in [-0.15, -0.1) is 0 Å². The maximum atomic E-state index is 9.25. The minimum absolute atomic E-state index is 0.260. The van der Waals surface area contributed by atoms with E-state index in [1.54, 1.807) is 18.3 Å². The molecule has 1 aromatic heterocycles. The molecular weight excluding hydrogens is 238 g/mol. The van der Waals surface area contributed by atoms with E-state index in [0.29, 0.717) is 0 Å². The Morgan fingerprint density at radius 2 is 1.79 bits per heavy atom. The van der Waals surface area contributed by atoms with Crippen LogP contribution < -0.4 is 5.32 Å². The largest absolute Gasteiger partial charge is 0.508 e. The van der Waals surface area contributed by atoms with Gasteiger partial charge in [0.2, 0.25) is 0 Å². The second kappa shape index (κ2) is 4.86. The standard InChI is InChI=1S/C15H13N3O/c19-15-7-5-12(6-8-15)17-13-3-1-4-14(11-13)18-10-2-9-16-18/h1-11,17,19H. The molecule has 0 atom stereocenters. The molecule has 0 saturated heterocycles. The number of hydrogen-bond donors (Lipinski definition) is 2. The first-order valence-corrected chi connectivity index (χ1v) is 5.97. The summed E-state index contributed by atoms with van der Waals surface area (Å²) in [5.74, 6) is 0.260. The average molecular weight is 251 g/mol. The summed E-state index contributed by atoms with van der Waals surface area (Å²) in [6, 6.07) is 16.8. The number of anilines is 2. The lowest BCUT2D eigenvalue weighted by Gasteiger charge is -2.08. The van der Waals surface area contributed by atoms with Crippen molar-refractivity contribution >= 4 is 11.4 Å². The Balaban J connectivity index is 1.85. The van der Waals surface area contributed by atoms with Crippen molar-refractivity contribution in [2.24, 2.45) is 0 Å². The SMILES string of the molecule is Oc1ccc(Nc2cccc(-n3cccn3)c2)cc1. The third-order valence-corrected chi connectivity index (χ3v) is 2.77. The Bertz CT molecular complexity index is 660. The van der Waals surface area contributed by atoms with Gasteiger partial charge in [-0.1, -0.05) is 6.07 Å². The summed E-state index contributed by atoms with van der Waals surface area (Å²) in [5, 5.41) is 16.7. The van der Waals surface area contributed by atoms with Crippen LogP contribution in [0.4, 0.5) is 11.4 Å². The van der Waals surface area contributed by atoms with E-state index in [1.807, 2.05) is 53.3 Å². The lowest BCUT2D eigenvalue weighted by atomic mass is 10.2. The van der Waals surface area contributed by atoms with Crippen molar-refractivity contribution in [1.29, 1.82) is 0 Å². The van der Waals surface area contributed by atoms with Crippen LogP contribution in [-0.2, 0) is 0 Å². The van der Waals surface area contributed by atoms with Crippen molar-refractivity contribution in [3.8, 4) is 11.4 Å². The Labute approximate surface area is 110 Å². The van der Waals surface area contributed by atoms with Crippen LogP contribution in [0, 0.1) is 0 Å². The van der Waals surface area contributed by atoms with Crippen LogP contribution in [0.2, 0.25) is 0 Å². The van der Waals surface area contributed by atoms with Crippen LogP contribution in [0.3, 0.4) is 0 Å². The number of aromatic nitrogens is 2. The van der Waals surface area contributed by atoms with E-state index in [0.717, 1.165) is 17.1 Å². The zero-order valence-electron chi connectivity index (χ0n) is 10.2. The van der Waals surface area contributed by atoms with Crippen LogP contribution in [-0.4, -0.2) is 14.9 Å². The van der Waals surface area contributed by atoms with E-state index in [4.69, 9.17) is 0 Å². The van der Waals surface area contributed by atoms with Gasteiger partial charge in [-0.3, -0.25) is 0 Å². The molecule has 0 saturated carbocycles. The lowest BCUT2D eigenvalue weighted by molar-refractivity contribution is 0.475. The topological polar surface area (TPSA) is 50.1 Å². The molecule has 1 heterocycles. The van der Waals surface area contributed by atoms with Gasteiger partial charge in [0, 0.05) is 23.8 Å². The van der Waals surface area contributed by atoms with Crippen molar-refractivity contribution in [2.75, 3.05) is 5.32 Å². The lowest BCUT2D eigenvalue weighted by Crippen LogP contribution is -1.96. The van der Waals surface area contributed by atoms with Gasteiger partial charge in [0.1, 0.15) is 5.75 Å². The van der Waals surface area contributed by atoms with Gasteiger partial charge in [-0.25, -0.2) is 4.68 Å². The third-order valence-electron chi connectivity index (χ3n) is 2.77. The number of benzene rings is 2. The molecule has 94 valence electrons. The molecule has 2 aromatic carbocycles. The molecule has 0 amide bonds. The molecule has 0 aliphatic carbocycles. The summed E-state index contributed by atoms with van der Waals surface area (Å²) in [4.78, 5) is 0. The molecular formula is C15H13N3O. The maximum Gasteiger partial charge on any atom is 0.115 e. The molecule has 19 heavy (non-hydrogen) atoms. The van der Waals surface area contributed by atoms with Gasteiger partial charge in [0.05, 0.1) is 5.69 Å². The number of phenols is 1. The smallest absolute Gasteiger partial charge is 0.115 e. The summed E-state index contributed by atoms with van der Waals surface area (Å²) in [5.41, 5.74) is 2.89. The van der Waals surface area contributed by atoms with Crippen LogP contribution >= 0.6 is 0 Å². The van der Waals surface area contributed by atoms with Gasteiger partial charge in [-0.05, 0) is 48.5 Å². The number of aromatic hydroxyl groups is 1. The predicted molar refractivity (Wildman–Crippen MR) is 75.0 cm³/mol. The number of rotatable bonds is 3. The zero-order chi connectivity index (χ0) is 13.1. The summed E-state index contributed by atoms with van der Waals surface area (Å²) < 4.78 is 1.81. The number of nitrogens with zero attached hydrogens (tertiary/aromatic N) is 2. The van der Waals surface area contributed by atoms with Gasteiger partial charge < -0.3 is 10.4 Å². The van der Waals surface area contributed by atoms with Crippen LogP contribution in [0.15, 0.2) is 67.0 Å². The summed E-state index contributed by atoms with van der Waals surface area (Å²) >= 11 is 0. The summed E-state index contributed by atoms with van der Waals surface area (Å²) in [6.45, 7) is 0. The highest BCUT2D eigenvalue weighted by molar-refractivity contribution is 5.62. The van der Waals surface area contributed by atoms with Crippen molar-refractivity contribution in [3.63, 3.8) is 0 Å². The molecule has 0 bridgehead atoms. The summed E-state index contributed by atoms with van der Waals surface area (Å²) in [6.07, 6.45) is 3.65. The normalized spacial score (nSPS) is 10.3. The molecule has 4 nitrogen and oxygen atoms in total. The molecule has 2 N–H and O–H groups in total. The average Bonchev–Trinajstić information content (AvgIpc) is 2.96. The molecule has 0 aliphatic rings. The second-order valence-electron chi connectivity index (χ2n) is 4.17. The molecule has 0 spiro atoms. The minimum Gasteiger partial charge on any atom is -0.508 e. The van der Waals surface area contributed by atoms with E-state index in [2.05, 4.69) is 10.4 Å². The van der Waals surface area contributed by atoms with Gasteiger partial charge in [0.25, 0.3) is 0 Å². The van der Waals surface area contributed by atoms with E-state index >= 15 is 0 Å². The van der Waals surface area contributed by atoms with E-state index in [-0.39, 0.29) is 5.75 Å². The molecule has 3 rings (SSSR count). The maximum absolute atomic E-state index is 9.25. The molecule has 0 unspecified atom stereocenters. The Morgan fingerprint density at radius 1 is 0.947 bits per heavy atom. The minimum atomic E-state index is 0.260. The zero-order valence-corrected chi connectivity index (χ0v) is 10.2. The number of phenolic OH excluding ortho intramolecular Hbond substituents is 1. The van der Waals surface area contributed by atoms with Gasteiger partial charge >= 0.3 is 0 Å². The van der Waals surface area contributed by atoms with Crippen LogP contribution in [0.25, 0.3) is 5.69 Å². The van der Waals surface area contributed by atoms with Crippen molar-refractivity contribution in [2.45, 2.75) is 0 Å². The first-order valence-electron chi connectivity index (χ1n) is 5.97. The monoisotopic (exact) mass is 251 g/mol. The van der Waals surface area contributed by atoms with Gasteiger partial charge in [-0.2, -0.15) is 5.10 Å². The second-order valence-corrected chi connectivity index (χ2v) is 4.17. The van der Waals surface area contributed by atoms with Crippen molar-refractivity contribution in [1.82, 2.24) is 9.78 Å². The quantitative estimate of drug-likeness (QED) is 0.702. The Kier molecular flexibility index (Phi) is 2.90. The molecule has 4 heteroatoms. The summed E-state index contributed by atoms with van der Waals surface area (Å²) in [7, 11) is 0. The van der Waals surface area contributed by atoms with Crippen LogP contribution in [0.5, 0.6) is 5.75 Å². The Hall–Kier alpha value is -2.75. The number of nitrogens with one attached hydrogen (secondary N) is 1. The van der Waals surface area contributed by atoms with E-state index in [9.17, 15) is 5.11 Å². The molecule has 3 aromatic rings. The van der Waals surface area contributed by atoms with E-state index in [1.165, 1.54) is 0 Å². The fraction of sp³-hybridized carbons (Fsp3) is 0. The van der Waals surface area contributed by atoms with Crippen molar-refractivity contribution in [3.05, 3.63) is 67.0 Å². The molecule has 0 fully saturated rings. The number of hydrogen-bond acceptors (Lipinski definition) is 3. The predicted octanol–water partition coefficient (Wildman–Crippen LogP) is 3.32. The molecule has 0 radical (unpaired) electrons. The van der Waals surface area contributed by atoms with Gasteiger partial charge in [0.15, 0.2) is 0 Å². The highest BCUT2D eigenvalue weighted by Crippen LogP contribution is 2.21. The molecule has 0 aliphatic heterocycles. The van der Waals surface area contributed by atoms with Crippen molar-refractivity contribution < 1.29 is 5.11 Å². The third kappa shape index (κ3) is 2.57. The van der Waals surface area contributed by atoms with E-state index < -0.39 is 0 Å². The van der Waals surface area contributed by atoms with Crippen LogP contribution in [0.1, 0.15) is 0 Å². The fourth-order valence-corrected chi connectivity index (χ4v) is 1.86. The fourth-order valence-electron chi connectivity index (χ4n) is 1.86.